The first-order valence-electron chi connectivity index (χ1n) is 5.15. The molecule has 2 aromatic carbocycles. The zero-order chi connectivity index (χ0) is 12.3. The molecule has 1 nitrogen and oxygen atoms in total. The van der Waals surface area contributed by atoms with Crippen molar-refractivity contribution >= 4 is 36.6 Å². The van der Waals surface area contributed by atoms with Crippen molar-refractivity contribution in [3.8, 4) is 0 Å². The molecule has 0 amide bonds. The van der Waals surface area contributed by atoms with E-state index in [1.54, 1.807) is 0 Å². The molecule has 0 radical (unpaired) electrons. The van der Waals surface area contributed by atoms with Crippen LogP contribution >= 0.6 is 31.9 Å². The summed E-state index contributed by atoms with van der Waals surface area (Å²) >= 11 is 6.65. The average Bonchev–Trinajstić information content (AvgIpc) is 2.39. The van der Waals surface area contributed by atoms with Crippen molar-refractivity contribution in [1.29, 1.82) is 0 Å². The van der Waals surface area contributed by atoms with Gasteiger partial charge in [0.1, 0.15) is 4.32 Å². The number of hydrogen-bond acceptors (Lipinski definition) is 1. The van der Waals surface area contributed by atoms with E-state index in [2.05, 4.69) is 31.9 Å². The van der Waals surface area contributed by atoms with Gasteiger partial charge in [0.25, 0.3) is 0 Å². The van der Waals surface area contributed by atoms with Crippen LogP contribution in [0.4, 0.5) is 0 Å². The molecule has 0 saturated carbocycles. The van der Waals surface area contributed by atoms with Gasteiger partial charge in [-0.2, -0.15) is 0 Å². The Balaban J connectivity index is 2.59. The fourth-order valence-electron chi connectivity index (χ4n) is 1.73. The van der Waals surface area contributed by atoms with Crippen LogP contribution in [0, 0.1) is 0 Å². The van der Waals surface area contributed by atoms with Crippen molar-refractivity contribution in [2.75, 3.05) is 0 Å². The fourth-order valence-corrected chi connectivity index (χ4v) is 2.72. The molecule has 0 aliphatic heterocycles. The first-order valence-corrected chi connectivity index (χ1v) is 6.74. The summed E-state index contributed by atoms with van der Waals surface area (Å²) in [6.45, 7) is 0. The maximum atomic E-state index is 11.9. The van der Waals surface area contributed by atoms with E-state index in [-0.39, 0.29) is 4.69 Å². The van der Waals surface area contributed by atoms with E-state index in [4.69, 9.17) is 0 Å². The van der Waals surface area contributed by atoms with E-state index in [1.165, 1.54) is 0 Å². The molecule has 0 aliphatic rings. The highest BCUT2D eigenvalue weighted by atomic mass is 79.9. The number of halogens is 2. The van der Waals surface area contributed by atoms with E-state index in [1.807, 2.05) is 60.7 Å². The highest BCUT2D eigenvalue weighted by molar-refractivity contribution is 9.20. The van der Waals surface area contributed by atoms with Gasteiger partial charge in [0.15, 0.2) is 0 Å². The SMILES string of the molecule is O=C(Br)C(Br)(c1ccccc1)c1ccccc1. The second-order valence-corrected chi connectivity index (χ2v) is 5.57. The standard InChI is InChI=1S/C14H10Br2O/c15-13(17)14(16,11-7-3-1-4-8-11)12-9-5-2-6-10-12/h1-10H. The number of carbonyl (C=O) groups is 1. The molecule has 2 rings (SSSR count). The second-order valence-electron chi connectivity index (χ2n) is 3.66. The Kier molecular flexibility index (Phi) is 3.79. The van der Waals surface area contributed by atoms with Crippen LogP contribution in [-0.4, -0.2) is 4.69 Å². The lowest BCUT2D eigenvalue weighted by atomic mass is 9.92. The van der Waals surface area contributed by atoms with Crippen LogP contribution in [0.3, 0.4) is 0 Å². The molecule has 0 spiro atoms. The average molecular weight is 354 g/mol. The highest BCUT2D eigenvalue weighted by Crippen LogP contribution is 2.40. The zero-order valence-electron chi connectivity index (χ0n) is 8.94. The molecule has 2 aromatic rings. The van der Waals surface area contributed by atoms with E-state index in [9.17, 15) is 4.79 Å². The van der Waals surface area contributed by atoms with Crippen molar-refractivity contribution in [1.82, 2.24) is 0 Å². The summed E-state index contributed by atoms with van der Waals surface area (Å²) in [5, 5.41) is 0. The first-order chi connectivity index (χ1) is 8.15. The Labute approximate surface area is 117 Å². The van der Waals surface area contributed by atoms with E-state index in [0.717, 1.165) is 11.1 Å². The summed E-state index contributed by atoms with van der Waals surface area (Å²) in [5.41, 5.74) is 1.82. The van der Waals surface area contributed by atoms with Crippen LogP contribution in [0.2, 0.25) is 0 Å². The van der Waals surface area contributed by atoms with Crippen molar-refractivity contribution in [3.63, 3.8) is 0 Å². The van der Waals surface area contributed by atoms with Crippen LogP contribution in [0.25, 0.3) is 0 Å². The Bertz CT molecular complexity index is 469. The lowest BCUT2D eigenvalue weighted by Crippen LogP contribution is -2.26. The van der Waals surface area contributed by atoms with E-state index < -0.39 is 4.32 Å². The number of rotatable bonds is 3. The van der Waals surface area contributed by atoms with Gasteiger partial charge in [-0.3, -0.25) is 4.79 Å². The van der Waals surface area contributed by atoms with Crippen molar-refractivity contribution < 1.29 is 4.79 Å². The van der Waals surface area contributed by atoms with E-state index >= 15 is 0 Å². The molecule has 0 bridgehead atoms. The van der Waals surface area contributed by atoms with E-state index in [0.29, 0.717) is 0 Å². The van der Waals surface area contributed by atoms with Gasteiger partial charge in [-0.1, -0.05) is 76.6 Å². The largest absolute Gasteiger partial charge is 0.284 e. The predicted octanol–water partition coefficient (Wildman–Crippen LogP) is 4.25. The van der Waals surface area contributed by atoms with Crippen molar-refractivity contribution in [3.05, 3.63) is 71.8 Å². The lowest BCUT2D eigenvalue weighted by molar-refractivity contribution is -0.111. The molecule has 0 unspecified atom stereocenters. The maximum Gasteiger partial charge on any atom is 0.223 e. The first kappa shape index (κ1) is 12.5. The molecule has 0 fully saturated rings. The molecule has 0 atom stereocenters. The smallest absolute Gasteiger partial charge is 0.223 e. The number of benzene rings is 2. The topological polar surface area (TPSA) is 17.1 Å². The Hall–Kier alpha value is -0.930. The van der Waals surface area contributed by atoms with Gasteiger partial charge in [-0.05, 0) is 27.1 Å². The molecule has 17 heavy (non-hydrogen) atoms. The molecule has 0 aliphatic carbocycles. The number of alkyl halides is 1. The third-order valence-electron chi connectivity index (χ3n) is 2.61. The normalized spacial score (nSPS) is 11.2. The quantitative estimate of drug-likeness (QED) is 0.595. The summed E-state index contributed by atoms with van der Waals surface area (Å²) in [6, 6.07) is 19.3. The fraction of sp³-hybridized carbons (Fsp3) is 0.0714. The molecular weight excluding hydrogens is 344 g/mol. The minimum absolute atomic E-state index is 0.109. The van der Waals surface area contributed by atoms with Gasteiger partial charge in [-0.15, -0.1) is 0 Å². The summed E-state index contributed by atoms with van der Waals surface area (Å²) in [6.07, 6.45) is 0. The van der Waals surface area contributed by atoms with Crippen LogP contribution in [-0.2, 0) is 9.12 Å². The van der Waals surface area contributed by atoms with Gasteiger partial charge in [0, 0.05) is 0 Å². The third kappa shape index (κ3) is 2.35. The second kappa shape index (κ2) is 5.15. The number of hydrogen-bond donors (Lipinski definition) is 0. The van der Waals surface area contributed by atoms with Crippen molar-refractivity contribution in [2.45, 2.75) is 4.32 Å². The Morgan fingerprint density at radius 3 is 1.47 bits per heavy atom. The van der Waals surface area contributed by atoms with Gasteiger partial charge in [0.2, 0.25) is 4.69 Å². The summed E-state index contributed by atoms with van der Waals surface area (Å²) in [7, 11) is 0. The highest BCUT2D eigenvalue weighted by Gasteiger charge is 2.37. The molecule has 0 heterocycles. The molecule has 0 N–H and O–H groups in total. The lowest BCUT2D eigenvalue weighted by Gasteiger charge is -2.24. The Morgan fingerprint density at radius 1 is 0.824 bits per heavy atom. The molecular formula is C14H10Br2O. The van der Waals surface area contributed by atoms with Crippen LogP contribution in [0.1, 0.15) is 11.1 Å². The summed E-state index contributed by atoms with van der Waals surface area (Å²) < 4.78 is -0.933. The zero-order valence-corrected chi connectivity index (χ0v) is 12.1. The Morgan fingerprint density at radius 2 is 1.18 bits per heavy atom. The van der Waals surface area contributed by atoms with Gasteiger partial charge in [0.05, 0.1) is 0 Å². The minimum Gasteiger partial charge on any atom is -0.284 e. The summed E-state index contributed by atoms with van der Waals surface area (Å²) in [4.78, 5) is 11.9. The van der Waals surface area contributed by atoms with Crippen LogP contribution < -0.4 is 0 Å². The van der Waals surface area contributed by atoms with Crippen LogP contribution in [0.5, 0.6) is 0 Å². The number of carbonyl (C=O) groups excluding carboxylic acids is 1. The van der Waals surface area contributed by atoms with Gasteiger partial charge >= 0.3 is 0 Å². The third-order valence-corrected chi connectivity index (χ3v) is 5.02. The monoisotopic (exact) mass is 352 g/mol. The van der Waals surface area contributed by atoms with Gasteiger partial charge < -0.3 is 0 Å². The molecule has 0 aromatic heterocycles. The van der Waals surface area contributed by atoms with Crippen molar-refractivity contribution in [2.24, 2.45) is 0 Å². The molecule has 0 saturated heterocycles. The minimum atomic E-state index is -0.824. The maximum absolute atomic E-state index is 11.9. The molecule has 3 heteroatoms. The van der Waals surface area contributed by atoms with Gasteiger partial charge in [-0.25, -0.2) is 0 Å². The predicted molar refractivity (Wildman–Crippen MR) is 76.5 cm³/mol. The van der Waals surface area contributed by atoms with Crippen LogP contribution in [0.15, 0.2) is 60.7 Å². The molecule has 86 valence electrons. The summed E-state index contributed by atoms with van der Waals surface area (Å²) in [5.74, 6) is 0.